The molecule has 0 N–H and O–H groups in total. The normalized spacial score (nSPS) is 11.8. The van der Waals surface area contributed by atoms with Gasteiger partial charge in [0.2, 0.25) is 0 Å². The van der Waals surface area contributed by atoms with E-state index >= 15 is 0 Å². The van der Waals surface area contributed by atoms with E-state index < -0.39 is 0 Å². The highest BCUT2D eigenvalue weighted by Crippen LogP contribution is 2.47. The van der Waals surface area contributed by atoms with Gasteiger partial charge in [-0.3, -0.25) is 0 Å². The highest BCUT2D eigenvalue weighted by atomic mass is 35.5. The zero-order chi connectivity index (χ0) is 25.2. The Bertz CT molecular complexity index is 2160. The summed E-state index contributed by atoms with van der Waals surface area (Å²) in [5.41, 5.74) is 3.42. The predicted octanol–water partition coefficient (Wildman–Crippen LogP) is 11.7. The number of hydrogen-bond donors (Lipinski definition) is 0. The molecular formula is C34H20ClNS2. The van der Waals surface area contributed by atoms with Crippen molar-refractivity contribution >= 4 is 102 Å². The second-order valence-electron chi connectivity index (χ2n) is 9.48. The zero-order valence-electron chi connectivity index (χ0n) is 20.2. The molecule has 1 nitrogen and oxygen atoms in total. The van der Waals surface area contributed by atoms with Gasteiger partial charge in [-0.05, 0) is 60.0 Å². The maximum atomic E-state index is 6.72. The number of para-hydroxylation sites is 1. The molecule has 4 heteroatoms. The van der Waals surface area contributed by atoms with Gasteiger partial charge in [-0.2, -0.15) is 0 Å². The summed E-state index contributed by atoms with van der Waals surface area (Å²) in [6, 6.07) is 43.5. The number of rotatable bonds is 3. The zero-order valence-corrected chi connectivity index (χ0v) is 22.6. The van der Waals surface area contributed by atoms with Crippen LogP contribution in [-0.4, -0.2) is 0 Å². The smallest absolute Gasteiger partial charge is 0.0554 e. The first-order valence-corrected chi connectivity index (χ1v) is 14.6. The molecule has 0 saturated heterocycles. The Kier molecular flexibility index (Phi) is 4.99. The average Bonchev–Trinajstić information content (AvgIpc) is 3.52. The van der Waals surface area contributed by atoms with Crippen molar-refractivity contribution in [1.29, 1.82) is 0 Å². The molecule has 8 rings (SSSR count). The number of anilines is 3. The highest BCUT2D eigenvalue weighted by Gasteiger charge is 2.20. The fraction of sp³-hybridized carbons (Fsp3) is 0. The maximum Gasteiger partial charge on any atom is 0.0554 e. The van der Waals surface area contributed by atoms with Crippen LogP contribution in [0.2, 0.25) is 5.02 Å². The lowest BCUT2D eigenvalue weighted by atomic mass is 10.0. The Morgan fingerprint density at radius 1 is 0.447 bits per heavy atom. The third-order valence-electron chi connectivity index (χ3n) is 7.30. The minimum atomic E-state index is 0.800. The molecule has 180 valence electrons. The van der Waals surface area contributed by atoms with Crippen LogP contribution in [0.3, 0.4) is 0 Å². The summed E-state index contributed by atoms with van der Waals surface area (Å²) in [5, 5.41) is 8.31. The topological polar surface area (TPSA) is 3.24 Å². The Morgan fingerprint density at radius 2 is 1.13 bits per heavy atom. The molecule has 6 aromatic carbocycles. The van der Waals surface area contributed by atoms with Crippen molar-refractivity contribution in [2.24, 2.45) is 0 Å². The van der Waals surface area contributed by atoms with Gasteiger partial charge in [0.25, 0.3) is 0 Å². The molecule has 0 bridgehead atoms. The first-order chi connectivity index (χ1) is 18.8. The third kappa shape index (κ3) is 3.30. The van der Waals surface area contributed by atoms with E-state index in [4.69, 9.17) is 11.6 Å². The number of fused-ring (bicyclic) bond motifs is 8. The quantitative estimate of drug-likeness (QED) is 0.215. The maximum absolute atomic E-state index is 6.72. The highest BCUT2D eigenvalue weighted by molar-refractivity contribution is 7.26. The van der Waals surface area contributed by atoms with Crippen molar-refractivity contribution in [2.45, 2.75) is 0 Å². The molecule has 0 aliphatic rings. The van der Waals surface area contributed by atoms with Crippen LogP contribution in [0.4, 0.5) is 17.1 Å². The van der Waals surface area contributed by atoms with Crippen LogP contribution in [0, 0.1) is 0 Å². The first kappa shape index (κ1) is 22.1. The van der Waals surface area contributed by atoms with Crippen LogP contribution in [0.25, 0.3) is 51.1 Å². The summed E-state index contributed by atoms with van der Waals surface area (Å²) < 4.78 is 5.07. The Hall–Kier alpha value is -3.89. The molecule has 0 aliphatic heterocycles. The Morgan fingerprint density at radius 3 is 2.00 bits per heavy atom. The molecule has 0 radical (unpaired) electrons. The van der Waals surface area contributed by atoms with E-state index in [1.165, 1.54) is 51.4 Å². The third-order valence-corrected chi connectivity index (χ3v) is 9.87. The number of nitrogens with zero attached hydrogens (tertiary/aromatic N) is 1. The molecule has 2 aromatic heterocycles. The summed E-state index contributed by atoms with van der Waals surface area (Å²) in [4.78, 5) is 2.39. The molecular weight excluding hydrogens is 522 g/mol. The van der Waals surface area contributed by atoms with Gasteiger partial charge < -0.3 is 4.90 Å². The minimum absolute atomic E-state index is 0.800. The van der Waals surface area contributed by atoms with Gasteiger partial charge in [0.1, 0.15) is 0 Å². The van der Waals surface area contributed by atoms with E-state index in [1.54, 1.807) is 11.3 Å². The van der Waals surface area contributed by atoms with E-state index in [2.05, 4.69) is 114 Å². The molecule has 0 amide bonds. The van der Waals surface area contributed by atoms with Crippen LogP contribution in [0.1, 0.15) is 0 Å². The van der Waals surface area contributed by atoms with Crippen LogP contribution >= 0.6 is 34.3 Å². The van der Waals surface area contributed by atoms with Gasteiger partial charge in [-0.1, -0.05) is 78.3 Å². The lowest BCUT2D eigenvalue weighted by Crippen LogP contribution is -2.10. The van der Waals surface area contributed by atoms with E-state index in [9.17, 15) is 0 Å². The van der Waals surface area contributed by atoms with Crippen LogP contribution in [0.15, 0.2) is 121 Å². The van der Waals surface area contributed by atoms with Crippen molar-refractivity contribution in [1.82, 2.24) is 0 Å². The van der Waals surface area contributed by atoms with E-state index in [-0.39, 0.29) is 0 Å². The monoisotopic (exact) mass is 541 g/mol. The molecule has 0 atom stereocenters. The van der Waals surface area contributed by atoms with Crippen molar-refractivity contribution in [2.75, 3.05) is 4.90 Å². The number of thiophene rings is 2. The molecule has 0 unspecified atom stereocenters. The molecule has 0 spiro atoms. The molecule has 0 aliphatic carbocycles. The molecule has 38 heavy (non-hydrogen) atoms. The predicted molar refractivity (Wildman–Crippen MR) is 169 cm³/mol. The van der Waals surface area contributed by atoms with Gasteiger partial charge >= 0.3 is 0 Å². The summed E-state index contributed by atoms with van der Waals surface area (Å²) in [7, 11) is 0. The van der Waals surface area contributed by atoms with E-state index in [0.29, 0.717) is 0 Å². The average molecular weight is 542 g/mol. The Labute approximate surface area is 232 Å². The summed E-state index contributed by atoms with van der Waals surface area (Å²) in [6.07, 6.45) is 0. The van der Waals surface area contributed by atoms with Crippen molar-refractivity contribution in [3.05, 3.63) is 126 Å². The standard InChI is InChI=1S/C34H20ClNS2/c35-27-14-8-16-31-34(27)26-19-22(17-18-30(26)37-31)36(21-9-2-1-3-10-21)28-20-32-33(24-12-5-4-11-23(24)28)25-13-6-7-15-29(25)38-32/h1-20H. The van der Waals surface area contributed by atoms with Gasteiger partial charge in [0.15, 0.2) is 0 Å². The number of hydrogen-bond acceptors (Lipinski definition) is 3. The van der Waals surface area contributed by atoms with Crippen molar-refractivity contribution < 1.29 is 0 Å². The first-order valence-electron chi connectivity index (χ1n) is 12.6. The number of benzene rings is 6. The van der Waals surface area contributed by atoms with Gasteiger partial charge in [-0.25, -0.2) is 0 Å². The summed E-state index contributed by atoms with van der Waals surface area (Å²) in [6.45, 7) is 0. The summed E-state index contributed by atoms with van der Waals surface area (Å²) in [5.74, 6) is 0. The second kappa shape index (κ2) is 8.57. The van der Waals surface area contributed by atoms with Gasteiger partial charge in [0.05, 0.1) is 5.69 Å². The van der Waals surface area contributed by atoms with Crippen LogP contribution in [-0.2, 0) is 0 Å². The van der Waals surface area contributed by atoms with Gasteiger partial charge in [-0.15, -0.1) is 22.7 Å². The largest absolute Gasteiger partial charge is 0.310 e. The molecule has 0 saturated carbocycles. The van der Waals surface area contributed by atoms with Crippen LogP contribution < -0.4 is 4.90 Å². The van der Waals surface area contributed by atoms with Crippen LogP contribution in [0.5, 0.6) is 0 Å². The SMILES string of the molecule is Clc1cccc2sc3ccc(N(c4ccccc4)c4cc5sc6ccccc6c5c5ccccc45)cc3c12. The fourth-order valence-electron chi connectivity index (χ4n) is 5.67. The summed E-state index contributed by atoms with van der Waals surface area (Å²) >= 11 is 10.4. The molecule has 0 fully saturated rings. The Balaban J connectivity index is 1.47. The van der Waals surface area contributed by atoms with E-state index in [0.717, 1.165) is 21.8 Å². The minimum Gasteiger partial charge on any atom is -0.310 e. The van der Waals surface area contributed by atoms with E-state index in [1.807, 2.05) is 23.5 Å². The lowest BCUT2D eigenvalue weighted by molar-refractivity contribution is 1.31. The molecule has 2 heterocycles. The molecule has 8 aromatic rings. The van der Waals surface area contributed by atoms with Crippen molar-refractivity contribution in [3.63, 3.8) is 0 Å². The van der Waals surface area contributed by atoms with Crippen molar-refractivity contribution in [3.8, 4) is 0 Å². The fourth-order valence-corrected chi connectivity index (χ4v) is 8.27. The van der Waals surface area contributed by atoms with Gasteiger partial charge in [0, 0.05) is 62.1 Å². The number of halogens is 1. The second-order valence-corrected chi connectivity index (χ2v) is 12.1. The lowest BCUT2D eigenvalue weighted by Gasteiger charge is -2.27.